The average molecular weight is 495 g/mol. The van der Waals surface area contributed by atoms with Crippen LogP contribution in [0.3, 0.4) is 0 Å². The van der Waals surface area contributed by atoms with Crippen LogP contribution < -0.4 is 15.1 Å². The van der Waals surface area contributed by atoms with Crippen LogP contribution in [-0.2, 0) is 4.79 Å². The monoisotopic (exact) mass is 494 g/mol. The quantitative estimate of drug-likeness (QED) is 0.459. The van der Waals surface area contributed by atoms with Crippen LogP contribution in [0, 0.1) is 11.3 Å². The van der Waals surface area contributed by atoms with Gasteiger partial charge < -0.3 is 10.2 Å². The molecule has 0 spiro atoms. The van der Waals surface area contributed by atoms with Gasteiger partial charge in [0.05, 0.1) is 23.0 Å². The van der Waals surface area contributed by atoms with Crippen LogP contribution in [0.2, 0.25) is 0 Å². The van der Waals surface area contributed by atoms with Crippen LogP contribution >= 0.6 is 0 Å². The van der Waals surface area contributed by atoms with Gasteiger partial charge in [-0.3, -0.25) is 14.1 Å². The number of hydrogen-bond donors (Lipinski definition) is 1. The van der Waals surface area contributed by atoms with Gasteiger partial charge in [0, 0.05) is 55.8 Å². The summed E-state index contributed by atoms with van der Waals surface area (Å²) in [5.74, 6) is 1.67. The molecule has 0 aliphatic carbocycles. The first-order valence-electron chi connectivity index (χ1n) is 12.6. The lowest BCUT2D eigenvalue weighted by molar-refractivity contribution is -0.117. The number of fused-ring (bicyclic) bond motifs is 1. The Bertz CT molecular complexity index is 1430. The van der Waals surface area contributed by atoms with E-state index in [9.17, 15) is 10.1 Å². The first-order chi connectivity index (χ1) is 18.1. The third-order valence-corrected chi connectivity index (χ3v) is 6.59. The highest BCUT2D eigenvalue weighted by Gasteiger charge is 2.25. The maximum absolute atomic E-state index is 12.2. The van der Waals surface area contributed by atoms with Crippen LogP contribution in [0.15, 0.2) is 55.0 Å². The second kappa shape index (κ2) is 10.8. The molecule has 4 aromatic rings. The molecule has 1 aromatic carbocycles. The number of carbonyl (C=O) groups excluding carboxylic acids is 1. The molecule has 1 N–H and O–H groups in total. The number of benzene rings is 1. The lowest BCUT2D eigenvalue weighted by Crippen LogP contribution is -2.24. The van der Waals surface area contributed by atoms with Gasteiger partial charge in [0.2, 0.25) is 5.91 Å². The number of hydrogen-bond acceptors (Lipinski definition) is 7. The van der Waals surface area contributed by atoms with Crippen molar-refractivity contribution >= 4 is 23.2 Å². The molecule has 2 aliphatic heterocycles. The maximum atomic E-state index is 12.2. The Kier molecular flexibility index (Phi) is 7.10. The summed E-state index contributed by atoms with van der Waals surface area (Å²) < 4.78 is 2.08. The number of imidazole rings is 1. The lowest BCUT2D eigenvalue weighted by atomic mass is 10.0. The standard InChI is InChI=1S/C26H23N7O.C2H7N/c27-16-18-5-7-19(8-6-18)23-24(20-9-10-21(29-17-20)32-14-3-4-22(32)34)33-15-11-28-25(33)26(30-23)31-12-1-2-13-31;1-3-2/h5-11,15,17H,1-4,12-14H2;3H,1-2H3. The summed E-state index contributed by atoms with van der Waals surface area (Å²) in [6, 6.07) is 13.6. The largest absolute Gasteiger partial charge is 0.354 e. The molecule has 0 radical (unpaired) electrons. The van der Waals surface area contributed by atoms with E-state index < -0.39 is 0 Å². The number of anilines is 2. The lowest BCUT2D eigenvalue weighted by Gasteiger charge is -2.21. The number of pyridine rings is 1. The van der Waals surface area contributed by atoms with Gasteiger partial charge in [-0.15, -0.1) is 0 Å². The summed E-state index contributed by atoms with van der Waals surface area (Å²) in [6.45, 7) is 2.63. The molecule has 0 bridgehead atoms. The van der Waals surface area contributed by atoms with Gasteiger partial charge >= 0.3 is 0 Å². The van der Waals surface area contributed by atoms with Crippen molar-refractivity contribution in [1.29, 1.82) is 5.26 Å². The number of nitrogens with one attached hydrogen (secondary N) is 1. The molecule has 0 atom stereocenters. The van der Waals surface area contributed by atoms with Gasteiger partial charge in [-0.1, -0.05) is 12.1 Å². The number of carbonyl (C=O) groups is 1. The van der Waals surface area contributed by atoms with Crippen LogP contribution in [0.5, 0.6) is 0 Å². The van der Waals surface area contributed by atoms with E-state index in [0.717, 1.165) is 66.3 Å². The Morgan fingerprint density at radius 3 is 2.30 bits per heavy atom. The predicted molar refractivity (Wildman–Crippen MR) is 144 cm³/mol. The molecule has 188 valence electrons. The Labute approximate surface area is 216 Å². The molecule has 0 unspecified atom stereocenters. The molecule has 6 rings (SSSR count). The van der Waals surface area contributed by atoms with E-state index in [0.29, 0.717) is 24.3 Å². The van der Waals surface area contributed by atoms with E-state index in [1.165, 1.54) is 0 Å². The molecule has 9 heteroatoms. The van der Waals surface area contributed by atoms with Crippen molar-refractivity contribution in [3.8, 4) is 28.6 Å². The summed E-state index contributed by atoms with van der Waals surface area (Å²) >= 11 is 0. The fourth-order valence-electron chi connectivity index (χ4n) is 4.87. The van der Waals surface area contributed by atoms with Crippen molar-refractivity contribution < 1.29 is 4.79 Å². The molecule has 2 saturated heterocycles. The van der Waals surface area contributed by atoms with Gasteiger partial charge in [0.15, 0.2) is 11.5 Å². The number of nitriles is 1. The van der Waals surface area contributed by atoms with Crippen molar-refractivity contribution in [3.63, 3.8) is 0 Å². The summed E-state index contributed by atoms with van der Waals surface area (Å²) in [5.41, 5.74) is 4.92. The van der Waals surface area contributed by atoms with Gasteiger partial charge in [-0.25, -0.2) is 15.0 Å². The molecule has 0 saturated carbocycles. The zero-order valence-corrected chi connectivity index (χ0v) is 21.2. The average Bonchev–Trinajstić information content (AvgIpc) is 3.71. The number of aromatic nitrogens is 4. The highest BCUT2D eigenvalue weighted by molar-refractivity contribution is 5.94. The first-order valence-corrected chi connectivity index (χ1v) is 12.6. The summed E-state index contributed by atoms with van der Waals surface area (Å²) in [6.07, 6.45) is 9.28. The smallest absolute Gasteiger partial charge is 0.228 e. The normalized spacial score (nSPS) is 15.1. The Balaban J connectivity index is 0.000000892. The topological polar surface area (TPSA) is 102 Å². The van der Waals surface area contributed by atoms with Gasteiger partial charge in [-0.2, -0.15) is 5.26 Å². The van der Waals surface area contributed by atoms with Crippen LogP contribution in [0.1, 0.15) is 31.2 Å². The molecule has 1 amide bonds. The van der Waals surface area contributed by atoms with Crippen LogP contribution in [-0.4, -0.2) is 59.0 Å². The molecular formula is C28H30N8O. The maximum Gasteiger partial charge on any atom is 0.228 e. The predicted octanol–water partition coefficient (Wildman–Crippen LogP) is 3.89. The minimum Gasteiger partial charge on any atom is -0.354 e. The van der Waals surface area contributed by atoms with Crippen molar-refractivity contribution in [2.24, 2.45) is 0 Å². The van der Waals surface area contributed by atoms with Gasteiger partial charge in [-0.05, 0) is 57.6 Å². The summed E-state index contributed by atoms with van der Waals surface area (Å²) in [5, 5.41) is 12.0. The van der Waals surface area contributed by atoms with E-state index in [1.807, 2.05) is 56.7 Å². The Hall–Kier alpha value is -4.29. The van der Waals surface area contributed by atoms with Crippen LogP contribution in [0.4, 0.5) is 11.6 Å². The Morgan fingerprint density at radius 2 is 1.68 bits per heavy atom. The second-order valence-electron chi connectivity index (χ2n) is 9.19. The highest BCUT2D eigenvalue weighted by Crippen LogP contribution is 2.36. The van der Waals surface area contributed by atoms with Crippen molar-refractivity contribution in [2.75, 3.05) is 43.5 Å². The van der Waals surface area contributed by atoms with Gasteiger partial charge in [0.25, 0.3) is 0 Å². The van der Waals surface area contributed by atoms with E-state index in [4.69, 9.17) is 4.98 Å². The van der Waals surface area contributed by atoms with E-state index in [2.05, 4.69) is 30.7 Å². The number of nitrogens with zero attached hydrogens (tertiary/aromatic N) is 7. The third-order valence-electron chi connectivity index (χ3n) is 6.59. The molecule has 2 fully saturated rings. The minimum atomic E-state index is 0.118. The molecular weight excluding hydrogens is 464 g/mol. The van der Waals surface area contributed by atoms with E-state index in [1.54, 1.807) is 17.3 Å². The fraction of sp³-hybridized carbons (Fsp3) is 0.321. The van der Waals surface area contributed by atoms with Crippen LogP contribution in [0.25, 0.3) is 28.2 Å². The SMILES string of the molecule is CNC.N#Cc1ccc(-c2nc(N3CCCC3)c3nccn3c2-c2ccc(N3CCCC3=O)nc2)cc1. The molecule has 3 aromatic heterocycles. The zero-order valence-electron chi connectivity index (χ0n) is 21.2. The van der Waals surface area contributed by atoms with Gasteiger partial charge in [0.1, 0.15) is 5.82 Å². The van der Waals surface area contributed by atoms with E-state index >= 15 is 0 Å². The molecule has 2 aliphatic rings. The third kappa shape index (κ3) is 4.76. The number of amides is 1. The first kappa shape index (κ1) is 24.4. The molecule has 9 nitrogen and oxygen atoms in total. The van der Waals surface area contributed by atoms with E-state index in [-0.39, 0.29) is 5.91 Å². The molecule has 5 heterocycles. The van der Waals surface area contributed by atoms with Crippen molar-refractivity contribution in [1.82, 2.24) is 24.7 Å². The highest BCUT2D eigenvalue weighted by atomic mass is 16.2. The fourth-order valence-corrected chi connectivity index (χ4v) is 4.87. The zero-order chi connectivity index (χ0) is 25.8. The number of rotatable bonds is 4. The minimum absolute atomic E-state index is 0.118. The Morgan fingerprint density at radius 1 is 0.946 bits per heavy atom. The van der Waals surface area contributed by atoms with Crippen molar-refractivity contribution in [2.45, 2.75) is 25.7 Å². The summed E-state index contributed by atoms with van der Waals surface area (Å²) in [4.78, 5) is 30.6. The second-order valence-corrected chi connectivity index (χ2v) is 9.19. The van der Waals surface area contributed by atoms with Crippen molar-refractivity contribution in [3.05, 3.63) is 60.6 Å². The summed E-state index contributed by atoms with van der Waals surface area (Å²) in [7, 11) is 3.75. The molecule has 37 heavy (non-hydrogen) atoms.